The van der Waals surface area contributed by atoms with Gasteiger partial charge in [0.1, 0.15) is 0 Å². The number of nitro groups is 1. The van der Waals surface area contributed by atoms with Crippen LogP contribution < -0.4 is 9.64 Å². The molecule has 1 aliphatic heterocycles. The second-order valence-electron chi connectivity index (χ2n) is 5.75. The zero-order valence-corrected chi connectivity index (χ0v) is 13.5. The number of benzene rings is 2. The van der Waals surface area contributed by atoms with Crippen LogP contribution in [0.1, 0.15) is 18.4 Å². The second-order valence-corrected chi connectivity index (χ2v) is 5.75. The van der Waals surface area contributed by atoms with Gasteiger partial charge in [-0.05, 0) is 30.5 Å². The standard InChI is InChI=1S/C18H17FN2O4/c19-15-4-1-2-5-17(15)25-11-3-6-18(22)20-10-9-13-7-8-14(21(23)24)12-16(13)20/h1-2,4-5,7-8,12H,3,6,9-11H2. The summed E-state index contributed by atoms with van der Waals surface area (Å²) < 4.78 is 18.8. The van der Waals surface area contributed by atoms with Crippen LogP contribution in [0.25, 0.3) is 0 Å². The molecule has 2 aromatic rings. The van der Waals surface area contributed by atoms with E-state index in [2.05, 4.69) is 0 Å². The minimum absolute atomic E-state index is 0.0265. The maximum absolute atomic E-state index is 13.4. The number of nitro benzene ring substituents is 1. The van der Waals surface area contributed by atoms with Crippen molar-refractivity contribution in [3.05, 3.63) is 64.0 Å². The van der Waals surface area contributed by atoms with Crippen LogP contribution in [0.3, 0.4) is 0 Å². The Morgan fingerprint density at radius 1 is 1.28 bits per heavy atom. The first-order valence-electron chi connectivity index (χ1n) is 8.01. The van der Waals surface area contributed by atoms with Crippen LogP contribution in [0.5, 0.6) is 5.75 Å². The van der Waals surface area contributed by atoms with Gasteiger partial charge in [0, 0.05) is 25.1 Å². The molecular formula is C18H17FN2O4. The monoisotopic (exact) mass is 344 g/mol. The SMILES string of the molecule is O=C(CCCOc1ccccc1F)N1CCc2ccc([N+](=O)[O-])cc21. The Balaban J connectivity index is 1.56. The average Bonchev–Trinajstić information content (AvgIpc) is 3.03. The number of ether oxygens (including phenoxy) is 1. The Kier molecular flexibility index (Phi) is 4.92. The lowest BCUT2D eigenvalue weighted by molar-refractivity contribution is -0.384. The number of carbonyl (C=O) groups excluding carboxylic acids is 1. The molecule has 0 aliphatic carbocycles. The summed E-state index contributed by atoms with van der Waals surface area (Å²) in [4.78, 5) is 24.4. The Bertz CT molecular complexity index is 809. The largest absolute Gasteiger partial charge is 0.491 e. The van der Waals surface area contributed by atoms with E-state index in [1.807, 2.05) is 0 Å². The van der Waals surface area contributed by atoms with E-state index in [-0.39, 0.29) is 30.4 Å². The second kappa shape index (κ2) is 7.29. The maximum atomic E-state index is 13.4. The number of hydrogen-bond donors (Lipinski definition) is 0. The highest BCUT2D eigenvalue weighted by Gasteiger charge is 2.26. The topological polar surface area (TPSA) is 72.7 Å². The van der Waals surface area contributed by atoms with Crippen molar-refractivity contribution in [1.82, 2.24) is 0 Å². The van der Waals surface area contributed by atoms with Gasteiger partial charge in [0.15, 0.2) is 11.6 Å². The fourth-order valence-corrected chi connectivity index (χ4v) is 2.84. The van der Waals surface area contributed by atoms with Gasteiger partial charge in [-0.2, -0.15) is 0 Å². The third-order valence-corrected chi connectivity index (χ3v) is 4.11. The molecule has 0 unspecified atom stereocenters. The summed E-state index contributed by atoms with van der Waals surface area (Å²) in [6.07, 6.45) is 1.36. The van der Waals surface area contributed by atoms with E-state index in [9.17, 15) is 19.3 Å². The molecule has 0 saturated heterocycles. The summed E-state index contributed by atoms with van der Waals surface area (Å²) in [6, 6.07) is 10.7. The van der Waals surface area contributed by atoms with E-state index in [0.29, 0.717) is 25.1 Å². The number of non-ortho nitro benzene ring substituents is 1. The highest BCUT2D eigenvalue weighted by atomic mass is 19.1. The molecule has 6 nitrogen and oxygen atoms in total. The van der Waals surface area contributed by atoms with Gasteiger partial charge in [-0.3, -0.25) is 14.9 Å². The van der Waals surface area contributed by atoms with E-state index in [4.69, 9.17) is 4.74 Å². The van der Waals surface area contributed by atoms with Crippen molar-refractivity contribution < 1.29 is 18.8 Å². The summed E-state index contributed by atoms with van der Waals surface area (Å²) in [5.41, 5.74) is 1.51. The highest BCUT2D eigenvalue weighted by Crippen LogP contribution is 2.32. The van der Waals surface area contributed by atoms with Crippen molar-refractivity contribution in [1.29, 1.82) is 0 Å². The fraction of sp³-hybridized carbons (Fsp3) is 0.278. The van der Waals surface area contributed by atoms with Gasteiger partial charge in [-0.25, -0.2) is 4.39 Å². The number of anilines is 1. The predicted octanol–water partition coefficient (Wildman–Crippen LogP) is 3.48. The van der Waals surface area contributed by atoms with Crippen LogP contribution in [-0.2, 0) is 11.2 Å². The molecule has 0 fully saturated rings. The van der Waals surface area contributed by atoms with Crippen LogP contribution in [0.15, 0.2) is 42.5 Å². The number of nitrogens with zero attached hydrogens (tertiary/aromatic N) is 2. The summed E-state index contributed by atoms with van der Waals surface area (Å²) in [6.45, 7) is 0.742. The number of halogens is 1. The van der Waals surface area contributed by atoms with Gasteiger partial charge < -0.3 is 9.64 Å². The van der Waals surface area contributed by atoms with Gasteiger partial charge in [0.05, 0.1) is 17.2 Å². The first-order valence-corrected chi connectivity index (χ1v) is 8.01. The molecule has 1 amide bonds. The first-order chi connectivity index (χ1) is 12.1. The van der Waals surface area contributed by atoms with Crippen LogP contribution in [0.2, 0.25) is 0 Å². The lowest BCUT2D eigenvalue weighted by Gasteiger charge is -2.17. The maximum Gasteiger partial charge on any atom is 0.271 e. The number of hydrogen-bond acceptors (Lipinski definition) is 4. The Morgan fingerprint density at radius 2 is 2.08 bits per heavy atom. The van der Waals surface area contributed by atoms with Crippen molar-refractivity contribution >= 4 is 17.3 Å². The minimum atomic E-state index is -0.469. The normalized spacial score (nSPS) is 12.8. The molecule has 0 N–H and O–H groups in total. The van der Waals surface area contributed by atoms with Crippen molar-refractivity contribution in [3.63, 3.8) is 0 Å². The molecule has 0 bridgehead atoms. The number of amides is 1. The lowest BCUT2D eigenvalue weighted by Crippen LogP contribution is -2.29. The molecule has 0 aromatic heterocycles. The molecule has 0 spiro atoms. The summed E-state index contributed by atoms with van der Waals surface area (Å²) in [5, 5.41) is 10.9. The number of rotatable bonds is 6. The molecule has 25 heavy (non-hydrogen) atoms. The van der Waals surface area contributed by atoms with Gasteiger partial charge in [0.2, 0.25) is 5.91 Å². The molecule has 130 valence electrons. The van der Waals surface area contributed by atoms with E-state index in [0.717, 1.165) is 5.56 Å². The molecule has 0 saturated carbocycles. The Labute approximate surface area is 144 Å². The molecule has 7 heteroatoms. The van der Waals surface area contributed by atoms with Crippen molar-refractivity contribution in [2.24, 2.45) is 0 Å². The smallest absolute Gasteiger partial charge is 0.271 e. The quantitative estimate of drug-likeness (QED) is 0.457. The van der Waals surface area contributed by atoms with E-state index in [1.54, 1.807) is 23.1 Å². The minimum Gasteiger partial charge on any atom is -0.491 e. The number of para-hydroxylation sites is 1. The third-order valence-electron chi connectivity index (χ3n) is 4.11. The van der Waals surface area contributed by atoms with Crippen LogP contribution >= 0.6 is 0 Å². The van der Waals surface area contributed by atoms with Crippen LogP contribution in [0, 0.1) is 15.9 Å². The number of fused-ring (bicyclic) bond motifs is 1. The average molecular weight is 344 g/mol. The van der Waals surface area contributed by atoms with Gasteiger partial charge in [-0.15, -0.1) is 0 Å². The van der Waals surface area contributed by atoms with Gasteiger partial charge in [0.25, 0.3) is 5.69 Å². The van der Waals surface area contributed by atoms with E-state index < -0.39 is 10.7 Å². The van der Waals surface area contributed by atoms with Crippen molar-refractivity contribution in [2.45, 2.75) is 19.3 Å². The molecular weight excluding hydrogens is 327 g/mol. The summed E-state index contributed by atoms with van der Waals surface area (Å²) in [5.74, 6) is -0.386. The van der Waals surface area contributed by atoms with Crippen molar-refractivity contribution in [2.75, 3.05) is 18.1 Å². The van der Waals surface area contributed by atoms with Crippen LogP contribution in [-0.4, -0.2) is 24.0 Å². The highest BCUT2D eigenvalue weighted by molar-refractivity contribution is 5.95. The van der Waals surface area contributed by atoms with E-state index >= 15 is 0 Å². The molecule has 0 atom stereocenters. The van der Waals surface area contributed by atoms with Crippen LogP contribution in [0.4, 0.5) is 15.8 Å². The van der Waals surface area contributed by atoms with Crippen molar-refractivity contribution in [3.8, 4) is 5.75 Å². The molecule has 1 aliphatic rings. The molecule has 2 aromatic carbocycles. The lowest BCUT2D eigenvalue weighted by atomic mass is 10.1. The third kappa shape index (κ3) is 3.76. The zero-order valence-electron chi connectivity index (χ0n) is 13.5. The van der Waals surface area contributed by atoms with Gasteiger partial charge in [-0.1, -0.05) is 18.2 Å². The fourth-order valence-electron chi connectivity index (χ4n) is 2.84. The summed E-state index contributed by atoms with van der Waals surface area (Å²) in [7, 11) is 0. The Morgan fingerprint density at radius 3 is 2.84 bits per heavy atom. The number of carbonyl (C=O) groups is 1. The van der Waals surface area contributed by atoms with E-state index in [1.165, 1.54) is 24.3 Å². The molecule has 3 rings (SSSR count). The van der Waals surface area contributed by atoms with Gasteiger partial charge >= 0.3 is 0 Å². The molecule has 1 heterocycles. The Hall–Kier alpha value is -2.96. The summed E-state index contributed by atoms with van der Waals surface area (Å²) >= 11 is 0. The zero-order chi connectivity index (χ0) is 17.8. The molecule has 0 radical (unpaired) electrons. The predicted molar refractivity (Wildman–Crippen MR) is 90.3 cm³/mol. The first kappa shape index (κ1) is 16.9.